The fourth-order valence-corrected chi connectivity index (χ4v) is 3.24. The number of hydrogen-bond acceptors (Lipinski definition) is 3. The van der Waals surface area contributed by atoms with Gasteiger partial charge >= 0.3 is 0 Å². The highest BCUT2D eigenvalue weighted by Gasteiger charge is 2.17. The minimum atomic E-state index is -3.51. The molecule has 0 saturated heterocycles. The van der Waals surface area contributed by atoms with Crippen LogP contribution in [0, 0.1) is 0 Å². The van der Waals surface area contributed by atoms with E-state index in [1.54, 1.807) is 30.3 Å². The predicted octanol–water partition coefficient (Wildman–Crippen LogP) is 3.12. The van der Waals surface area contributed by atoms with E-state index in [2.05, 4.69) is 4.72 Å². The SMILES string of the molecule is CCOc1ccc([C@H](C)NS(=O)(=O)c2ccccc2)cc1. The lowest BCUT2D eigenvalue weighted by Gasteiger charge is -2.15. The van der Waals surface area contributed by atoms with Crippen LogP contribution in [-0.2, 0) is 10.0 Å². The topological polar surface area (TPSA) is 55.4 Å². The first kappa shape index (κ1) is 15.5. The van der Waals surface area contributed by atoms with E-state index >= 15 is 0 Å². The maximum Gasteiger partial charge on any atom is 0.241 e. The van der Waals surface area contributed by atoms with Gasteiger partial charge in [0.25, 0.3) is 0 Å². The molecule has 0 aliphatic carbocycles. The Labute approximate surface area is 125 Å². The Hall–Kier alpha value is -1.85. The van der Waals surface area contributed by atoms with Crippen molar-refractivity contribution in [3.05, 3.63) is 60.2 Å². The molecule has 0 amide bonds. The molecule has 0 unspecified atom stereocenters. The number of nitrogens with one attached hydrogen (secondary N) is 1. The van der Waals surface area contributed by atoms with Crippen molar-refractivity contribution in [1.29, 1.82) is 0 Å². The van der Waals surface area contributed by atoms with E-state index in [1.165, 1.54) is 0 Å². The Morgan fingerprint density at radius 3 is 2.24 bits per heavy atom. The van der Waals surface area contributed by atoms with Crippen LogP contribution < -0.4 is 9.46 Å². The quantitative estimate of drug-likeness (QED) is 0.892. The Balaban J connectivity index is 2.12. The van der Waals surface area contributed by atoms with Gasteiger partial charge in [0.05, 0.1) is 11.5 Å². The van der Waals surface area contributed by atoms with Gasteiger partial charge in [-0.1, -0.05) is 30.3 Å². The van der Waals surface area contributed by atoms with Crippen LogP contribution in [0.2, 0.25) is 0 Å². The molecule has 0 radical (unpaired) electrons. The van der Waals surface area contributed by atoms with Gasteiger partial charge in [-0.3, -0.25) is 0 Å². The normalized spacial score (nSPS) is 12.9. The van der Waals surface area contributed by atoms with Crippen molar-refractivity contribution in [3.8, 4) is 5.75 Å². The summed E-state index contributed by atoms with van der Waals surface area (Å²) in [6.07, 6.45) is 0. The molecule has 0 aliphatic heterocycles. The van der Waals surface area contributed by atoms with E-state index in [0.29, 0.717) is 6.61 Å². The summed E-state index contributed by atoms with van der Waals surface area (Å²) in [5.74, 6) is 0.777. The van der Waals surface area contributed by atoms with E-state index in [4.69, 9.17) is 4.74 Å². The summed E-state index contributed by atoms with van der Waals surface area (Å²) >= 11 is 0. The van der Waals surface area contributed by atoms with Crippen LogP contribution in [0.25, 0.3) is 0 Å². The molecule has 0 heterocycles. The van der Waals surface area contributed by atoms with Gasteiger partial charge in [0.2, 0.25) is 10.0 Å². The lowest BCUT2D eigenvalue weighted by Crippen LogP contribution is -2.26. The van der Waals surface area contributed by atoms with Crippen LogP contribution in [0.3, 0.4) is 0 Å². The average Bonchev–Trinajstić information content (AvgIpc) is 2.49. The lowest BCUT2D eigenvalue weighted by molar-refractivity contribution is 0.340. The molecular formula is C16H19NO3S. The third kappa shape index (κ3) is 4.06. The molecular weight excluding hydrogens is 286 g/mol. The average molecular weight is 305 g/mol. The minimum Gasteiger partial charge on any atom is -0.494 e. The number of benzene rings is 2. The van der Waals surface area contributed by atoms with Gasteiger partial charge < -0.3 is 4.74 Å². The molecule has 0 fully saturated rings. The Morgan fingerprint density at radius 2 is 1.67 bits per heavy atom. The van der Waals surface area contributed by atoms with Crippen LogP contribution >= 0.6 is 0 Å². The lowest BCUT2D eigenvalue weighted by atomic mass is 10.1. The third-order valence-electron chi connectivity index (χ3n) is 3.08. The molecule has 4 nitrogen and oxygen atoms in total. The van der Waals surface area contributed by atoms with Crippen molar-refractivity contribution in [2.75, 3.05) is 6.61 Å². The Morgan fingerprint density at radius 1 is 1.05 bits per heavy atom. The molecule has 112 valence electrons. The van der Waals surface area contributed by atoms with Crippen LogP contribution in [-0.4, -0.2) is 15.0 Å². The van der Waals surface area contributed by atoms with Crippen LogP contribution in [0.4, 0.5) is 0 Å². The van der Waals surface area contributed by atoms with E-state index in [-0.39, 0.29) is 10.9 Å². The van der Waals surface area contributed by atoms with Crippen LogP contribution in [0.5, 0.6) is 5.75 Å². The van der Waals surface area contributed by atoms with E-state index in [9.17, 15) is 8.42 Å². The molecule has 0 aliphatic rings. The summed E-state index contributed by atoms with van der Waals surface area (Å²) in [7, 11) is -3.51. The second-order valence-electron chi connectivity index (χ2n) is 4.66. The number of hydrogen-bond donors (Lipinski definition) is 1. The van der Waals surface area contributed by atoms with E-state index in [1.807, 2.05) is 38.1 Å². The first-order valence-electron chi connectivity index (χ1n) is 6.83. The molecule has 1 N–H and O–H groups in total. The van der Waals surface area contributed by atoms with Crippen LogP contribution in [0.1, 0.15) is 25.5 Å². The standard InChI is InChI=1S/C16H19NO3S/c1-3-20-15-11-9-14(10-12-15)13(2)17-21(18,19)16-7-5-4-6-8-16/h4-13,17H,3H2,1-2H3/t13-/m0/s1. The summed E-state index contributed by atoms with van der Waals surface area (Å²) in [6, 6.07) is 15.4. The molecule has 5 heteroatoms. The van der Waals surface area contributed by atoms with E-state index in [0.717, 1.165) is 11.3 Å². The zero-order valence-electron chi connectivity index (χ0n) is 12.1. The highest BCUT2D eigenvalue weighted by molar-refractivity contribution is 7.89. The molecule has 2 aromatic rings. The maximum absolute atomic E-state index is 12.2. The van der Waals surface area contributed by atoms with Gasteiger partial charge in [0, 0.05) is 6.04 Å². The zero-order chi connectivity index (χ0) is 15.3. The Kier molecular flexibility index (Phi) is 4.98. The first-order chi connectivity index (χ1) is 10.0. The summed E-state index contributed by atoms with van der Waals surface area (Å²) in [4.78, 5) is 0.266. The molecule has 0 aromatic heterocycles. The van der Waals surface area contributed by atoms with E-state index < -0.39 is 10.0 Å². The summed E-state index contributed by atoms with van der Waals surface area (Å²) in [5, 5.41) is 0. The molecule has 1 atom stereocenters. The van der Waals surface area contributed by atoms with Crippen molar-refractivity contribution in [3.63, 3.8) is 0 Å². The summed E-state index contributed by atoms with van der Waals surface area (Å²) < 4.78 is 32.5. The molecule has 2 rings (SSSR count). The zero-order valence-corrected chi connectivity index (χ0v) is 12.9. The fourth-order valence-electron chi connectivity index (χ4n) is 1.99. The monoisotopic (exact) mass is 305 g/mol. The highest BCUT2D eigenvalue weighted by atomic mass is 32.2. The van der Waals surface area contributed by atoms with Crippen molar-refractivity contribution in [2.45, 2.75) is 24.8 Å². The van der Waals surface area contributed by atoms with Crippen molar-refractivity contribution in [1.82, 2.24) is 4.72 Å². The predicted molar refractivity (Wildman–Crippen MR) is 82.8 cm³/mol. The van der Waals surface area contributed by atoms with Crippen molar-refractivity contribution >= 4 is 10.0 Å². The van der Waals surface area contributed by atoms with Crippen molar-refractivity contribution in [2.24, 2.45) is 0 Å². The smallest absolute Gasteiger partial charge is 0.241 e. The fraction of sp³-hybridized carbons (Fsp3) is 0.250. The largest absolute Gasteiger partial charge is 0.494 e. The third-order valence-corrected chi connectivity index (χ3v) is 4.63. The number of rotatable bonds is 6. The van der Waals surface area contributed by atoms with Crippen molar-refractivity contribution < 1.29 is 13.2 Å². The highest BCUT2D eigenvalue weighted by Crippen LogP contribution is 2.20. The Bertz CT molecular complexity index is 666. The number of sulfonamides is 1. The molecule has 0 saturated carbocycles. The molecule has 2 aromatic carbocycles. The first-order valence-corrected chi connectivity index (χ1v) is 8.31. The molecule has 0 bridgehead atoms. The van der Waals surface area contributed by atoms with Gasteiger partial charge in [-0.05, 0) is 43.7 Å². The summed E-state index contributed by atoms with van der Waals surface area (Å²) in [6.45, 7) is 4.34. The van der Waals surface area contributed by atoms with Gasteiger partial charge in [0.1, 0.15) is 5.75 Å². The second-order valence-corrected chi connectivity index (χ2v) is 6.37. The summed E-state index contributed by atoms with van der Waals surface area (Å²) in [5.41, 5.74) is 0.887. The minimum absolute atomic E-state index is 0.266. The molecule has 0 spiro atoms. The molecule has 21 heavy (non-hydrogen) atoms. The van der Waals surface area contributed by atoms with Gasteiger partial charge in [-0.25, -0.2) is 13.1 Å². The number of ether oxygens (including phenoxy) is 1. The second kappa shape index (κ2) is 6.74. The van der Waals surface area contributed by atoms with Gasteiger partial charge in [0.15, 0.2) is 0 Å². The van der Waals surface area contributed by atoms with Gasteiger partial charge in [-0.15, -0.1) is 0 Å². The van der Waals surface area contributed by atoms with Crippen LogP contribution in [0.15, 0.2) is 59.5 Å². The maximum atomic E-state index is 12.2. The van der Waals surface area contributed by atoms with Gasteiger partial charge in [-0.2, -0.15) is 0 Å².